The van der Waals surface area contributed by atoms with E-state index in [-0.39, 0.29) is 24.5 Å². The number of methoxy groups -OCH3 is 1. The number of hydrogen-bond acceptors (Lipinski definition) is 4. The Kier molecular flexibility index (Phi) is 4.77. The monoisotopic (exact) mass is 275 g/mol. The number of carbonyl (C=O) groups excluding carboxylic acids is 1. The van der Waals surface area contributed by atoms with Gasteiger partial charge < -0.3 is 9.47 Å². The molecule has 1 aliphatic heterocycles. The second-order valence-electron chi connectivity index (χ2n) is 5.43. The summed E-state index contributed by atoms with van der Waals surface area (Å²) in [6.45, 7) is 4.29. The van der Waals surface area contributed by atoms with Crippen molar-refractivity contribution in [2.24, 2.45) is 10.9 Å². The lowest BCUT2D eigenvalue weighted by atomic mass is 9.98. The van der Waals surface area contributed by atoms with Crippen LogP contribution in [-0.4, -0.2) is 31.1 Å². The maximum atomic E-state index is 11.5. The number of esters is 1. The summed E-state index contributed by atoms with van der Waals surface area (Å²) in [7, 11) is 1.40. The molecule has 0 fully saturated rings. The number of hydrogen-bond donors (Lipinski definition) is 0. The fourth-order valence-corrected chi connectivity index (χ4v) is 2.32. The van der Waals surface area contributed by atoms with Crippen LogP contribution in [0.15, 0.2) is 35.3 Å². The van der Waals surface area contributed by atoms with E-state index >= 15 is 0 Å². The first-order valence-corrected chi connectivity index (χ1v) is 6.97. The van der Waals surface area contributed by atoms with Crippen LogP contribution in [0.3, 0.4) is 0 Å². The van der Waals surface area contributed by atoms with Gasteiger partial charge in [-0.25, -0.2) is 4.99 Å². The van der Waals surface area contributed by atoms with Crippen molar-refractivity contribution in [3.05, 3.63) is 35.9 Å². The highest BCUT2D eigenvalue weighted by atomic mass is 16.5. The third-order valence-corrected chi connectivity index (χ3v) is 3.30. The zero-order chi connectivity index (χ0) is 14.5. The minimum atomic E-state index is -0.256. The molecule has 2 rings (SSSR count). The molecule has 1 aromatic carbocycles. The van der Waals surface area contributed by atoms with Crippen molar-refractivity contribution in [3.8, 4) is 0 Å². The maximum absolute atomic E-state index is 11.5. The lowest BCUT2D eigenvalue weighted by Gasteiger charge is -2.17. The van der Waals surface area contributed by atoms with Crippen LogP contribution in [0, 0.1) is 5.92 Å². The van der Waals surface area contributed by atoms with Crippen molar-refractivity contribution in [2.45, 2.75) is 38.8 Å². The van der Waals surface area contributed by atoms with Gasteiger partial charge in [0.1, 0.15) is 6.10 Å². The van der Waals surface area contributed by atoms with E-state index in [9.17, 15) is 4.79 Å². The van der Waals surface area contributed by atoms with E-state index in [1.807, 2.05) is 30.3 Å². The molecular weight excluding hydrogens is 254 g/mol. The lowest BCUT2D eigenvalue weighted by molar-refractivity contribution is -0.142. The summed E-state index contributed by atoms with van der Waals surface area (Å²) in [6.07, 6.45) is 0.922. The molecule has 20 heavy (non-hydrogen) atoms. The van der Waals surface area contributed by atoms with Gasteiger partial charge in [-0.3, -0.25) is 4.79 Å². The Balaban J connectivity index is 2.14. The number of ether oxygens (including phenoxy) is 2. The largest absolute Gasteiger partial charge is 0.471 e. The topological polar surface area (TPSA) is 47.9 Å². The summed E-state index contributed by atoms with van der Waals surface area (Å²) in [5, 5.41) is 0. The molecule has 1 aliphatic rings. The molecule has 1 heterocycles. The maximum Gasteiger partial charge on any atom is 0.309 e. The third-order valence-electron chi connectivity index (χ3n) is 3.30. The number of nitrogens with zero attached hydrogens (tertiary/aromatic N) is 1. The van der Waals surface area contributed by atoms with Crippen LogP contribution in [0.2, 0.25) is 0 Å². The zero-order valence-corrected chi connectivity index (χ0v) is 12.2. The van der Waals surface area contributed by atoms with Gasteiger partial charge in [0, 0.05) is 5.56 Å². The van der Waals surface area contributed by atoms with Crippen LogP contribution in [0.25, 0.3) is 0 Å². The minimum Gasteiger partial charge on any atom is -0.471 e. The Morgan fingerprint density at radius 3 is 2.65 bits per heavy atom. The Hall–Kier alpha value is -1.84. The highest BCUT2D eigenvalue weighted by Gasteiger charge is 2.33. The molecule has 0 saturated heterocycles. The number of benzene rings is 1. The molecule has 2 atom stereocenters. The van der Waals surface area contributed by atoms with Crippen molar-refractivity contribution in [2.75, 3.05) is 7.11 Å². The number of rotatable bonds is 5. The third kappa shape index (κ3) is 3.59. The van der Waals surface area contributed by atoms with E-state index in [1.165, 1.54) is 7.11 Å². The van der Waals surface area contributed by atoms with Crippen LogP contribution in [0.5, 0.6) is 0 Å². The zero-order valence-electron chi connectivity index (χ0n) is 12.2. The molecule has 0 aliphatic carbocycles. The fraction of sp³-hybridized carbons (Fsp3) is 0.500. The van der Waals surface area contributed by atoms with Crippen molar-refractivity contribution < 1.29 is 14.3 Å². The summed E-state index contributed by atoms with van der Waals surface area (Å²) in [4.78, 5) is 16.1. The molecule has 108 valence electrons. The molecule has 4 heteroatoms. The SMILES string of the molecule is COC(=O)C[C@@H]1OC(c2ccccc2)=N[C@H]1CC(C)C. The summed E-state index contributed by atoms with van der Waals surface area (Å²) in [5.74, 6) is 0.876. The number of aliphatic imine (C=N–C) groups is 1. The molecule has 0 radical (unpaired) electrons. The first-order valence-electron chi connectivity index (χ1n) is 6.97. The average Bonchev–Trinajstić information content (AvgIpc) is 2.82. The van der Waals surface area contributed by atoms with Crippen molar-refractivity contribution in [1.29, 1.82) is 0 Å². The van der Waals surface area contributed by atoms with Gasteiger partial charge in [0.05, 0.1) is 19.6 Å². The average molecular weight is 275 g/mol. The highest BCUT2D eigenvalue weighted by molar-refractivity contribution is 5.95. The van der Waals surface area contributed by atoms with Crippen LogP contribution in [-0.2, 0) is 14.3 Å². The van der Waals surface area contributed by atoms with Gasteiger partial charge in [0.2, 0.25) is 5.90 Å². The van der Waals surface area contributed by atoms with Crippen LogP contribution in [0.4, 0.5) is 0 Å². The quantitative estimate of drug-likeness (QED) is 0.776. The van der Waals surface area contributed by atoms with E-state index in [2.05, 4.69) is 18.8 Å². The predicted molar refractivity (Wildman–Crippen MR) is 77.7 cm³/mol. The molecule has 0 N–H and O–H groups in total. The van der Waals surface area contributed by atoms with Gasteiger partial charge in [-0.1, -0.05) is 32.0 Å². The van der Waals surface area contributed by atoms with E-state index in [0.29, 0.717) is 11.8 Å². The summed E-state index contributed by atoms with van der Waals surface area (Å²) < 4.78 is 10.6. The normalized spacial score (nSPS) is 21.5. The summed E-state index contributed by atoms with van der Waals surface area (Å²) in [6, 6.07) is 9.80. The van der Waals surface area contributed by atoms with E-state index in [0.717, 1.165) is 12.0 Å². The van der Waals surface area contributed by atoms with E-state index < -0.39 is 0 Å². The molecule has 0 bridgehead atoms. The van der Waals surface area contributed by atoms with Crippen LogP contribution < -0.4 is 0 Å². The molecular formula is C16H21NO3. The first-order chi connectivity index (χ1) is 9.60. The molecule has 1 aromatic rings. The fourth-order valence-electron chi connectivity index (χ4n) is 2.32. The van der Waals surface area contributed by atoms with Crippen molar-refractivity contribution >= 4 is 11.9 Å². The summed E-state index contributed by atoms with van der Waals surface area (Å²) >= 11 is 0. The molecule has 0 saturated carbocycles. The smallest absolute Gasteiger partial charge is 0.309 e. The highest BCUT2D eigenvalue weighted by Crippen LogP contribution is 2.25. The predicted octanol–water partition coefficient (Wildman–Crippen LogP) is 2.81. The Labute approximate surface area is 119 Å². The lowest BCUT2D eigenvalue weighted by Crippen LogP contribution is -2.27. The van der Waals surface area contributed by atoms with Gasteiger partial charge in [0.25, 0.3) is 0 Å². The molecule has 0 amide bonds. The molecule has 0 spiro atoms. The number of carbonyl (C=O) groups is 1. The minimum absolute atomic E-state index is 0.0179. The standard InChI is InChI=1S/C16H21NO3/c1-11(2)9-13-14(10-15(18)19-3)20-16(17-13)12-7-5-4-6-8-12/h4-8,11,13-14H,9-10H2,1-3H3/t13-,14-/m0/s1. The van der Waals surface area contributed by atoms with Crippen LogP contribution in [0.1, 0.15) is 32.3 Å². The molecule has 4 nitrogen and oxygen atoms in total. The second kappa shape index (κ2) is 6.55. The van der Waals surface area contributed by atoms with E-state index in [4.69, 9.17) is 9.47 Å². The summed E-state index contributed by atoms with van der Waals surface area (Å²) in [5.41, 5.74) is 0.952. The molecule has 0 aromatic heterocycles. The van der Waals surface area contributed by atoms with Gasteiger partial charge in [0.15, 0.2) is 0 Å². The molecule has 0 unspecified atom stereocenters. The Morgan fingerprint density at radius 2 is 2.05 bits per heavy atom. The van der Waals surface area contributed by atoms with Gasteiger partial charge in [-0.15, -0.1) is 0 Å². The first kappa shape index (κ1) is 14.6. The Bertz CT molecular complexity index is 482. The van der Waals surface area contributed by atoms with Crippen molar-refractivity contribution in [1.82, 2.24) is 0 Å². The van der Waals surface area contributed by atoms with Gasteiger partial charge in [-0.2, -0.15) is 0 Å². The van der Waals surface area contributed by atoms with Crippen molar-refractivity contribution in [3.63, 3.8) is 0 Å². The second-order valence-corrected chi connectivity index (χ2v) is 5.43. The Morgan fingerprint density at radius 1 is 1.35 bits per heavy atom. The van der Waals surface area contributed by atoms with Gasteiger partial charge >= 0.3 is 5.97 Å². The van der Waals surface area contributed by atoms with Crippen LogP contribution >= 0.6 is 0 Å². The van der Waals surface area contributed by atoms with E-state index in [1.54, 1.807) is 0 Å². The van der Waals surface area contributed by atoms with Gasteiger partial charge in [-0.05, 0) is 24.5 Å².